The molecule has 0 aromatic carbocycles. The van der Waals surface area contributed by atoms with Crippen LogP contribution in [0.25, 0.3) is 0 Å². The molecule has 0 spiro atoms. The van der Waals surface area contributed by atoms with Crippen molar-refractivity contribution in [3.05, 3.63) is 11.1 Å². The van der Waals surface area contributed by atoms with E-state index in [9.17, 15) is 14.4 Å². The van der Waals surface area contributed by atoms with Gasteiger partial charge in [0.1, 0.15) is 5.92 Å². The van der Waals surface area contributed by atoms with Crippen molar-refractivity contribution in [1.29, 1.82) is 5.26 Å². The van der Waals surface area contributed by atoms with E-state index < -0.39 is 5.92 Å². The predicted octanol–water partition coefficient (Wildman–Crippen LogP) is 0.528. The van der Waals surface area contributed by atoms with Crippen LogP contribution in [0.15, 0.2) is 11.1 Å². The molecule has 7 heteroatoms. The molecule has 0 aromatic heterocycles. The monoisotopic (exact) mass is 344 g/mol. The van der Waals surface area contributed by atoms with Crippen molar-refractivity contribution < 1.29 is 14.4 Å². The minimum Gasteiger partial charge on any atom is -0.355 e. The van der Waals surface area contributed by atoms with Crippen LogP contribution in [0.5, 0.6) is 0 Å². The first-order valence-corrected chi connectivity index (χ1v) is 9.07. The normalized spacial score (nSPS) is 28.6. The third-order valence-electron chi connectivity index (χ3n) is 5.43. The average Bonchev–Trinajstić information content (AvgIpc) is 3.32. The average molecular weight is 344 g/mol. The van der Waals surface area contributed by atoms with E-state index in [4.69, 9.17) is 5.26 Å². The van der Waals surface area contributed by atoms with E-state index in [1.54, 1.807) is 0 Å². The van der Waals surface area contributed by atoms with Gasteiger partial charge in [-0.2, -0.15) is 5.26 Å². The molecule has 1 saturated carbocycles. The Bertz CT molecular complexity index is 649. The molecule has 7 nitrogen and oxygen atoms in total. The number of rotatable bonds is 5. The summed E-state index contributed by atoms with van der Waals surface area (Å²) in [6.07, 6.45) is 5.43. The zero-order valence-corrected chi connectivity index (χ0v) is 14.3. The molecular formula is C18H24N4O3. The highest BCUT2D eigenvalue weighted by molar-refractivity contribution is 6.01. The van der Waals surface area contributed by atoms with Gasteiger partial charge in [0.05, 0.1) is 6.07 Å². The highest BCUT2D eigenvalue weighted by atomic mass is 16.2. The highest BCUT2D eigenvalue weighted by Crippen LogP contribution is 2.27. The summed E-state index contributed by atoms with van der Waals surface area (Å²) in [5, 5.41) is 17.6. The lowest BCUT2D eigenvalue weighted by Crippen LogP contribution is -2.40. The molecule has 2 fully saturated rings. The number of allylic oxidation sites excluding steroid dienone is 1. The first-order chi connectivity index (χ1) is 12.1. The molecule has 25 heavy (non-hydrogen) atoms. The van der Waals surface area contributed by atoms with Gasteiger partial charge < -0.3 is 16.0 Å². The van der Waals surface area contributed by atoms with Crippen LogP contribution in [-0.2, 0) is 14.4 Å². The van der Waals surface area contributed by atoms with E-state index in [2.05, 4.69) is 22.0 Å². The lowest BCUT2D eigenvalue weighted by Gasteiger charge is -2.16. The maximum absolute atomic E-state index is 12.2. The van der Waals surface area contributed by atoms with Gasteiger partial charge in [-0.1, -0.05) is 0 Å². The zero-order valence-electron chi connectivity index (χ0n) is 14.3. The number of nitriles is 1. The molecule has 0 bridgehead atoms. The fourth-order valence-electron chi connectivity index (χ4n) is 4.00. The number of carbonyl (C=O) groups is 3. The van der Waals surface area contributed by atoms with Crippen LogP contribution in [0.1, 0.15) is 44.9 Å². The SMILES string of the molecule is N#CC1=C(C(=O)NCC2CCC(NC(=O)C3CCNC3=O)C2)CCC1. The summed E-state index contributed by atoms with van der Waals surface area (Å²) >= 11 is 0. The third kappa shape index (κ3) is 4.01. The summed E-state index contributed by atoms with van der Waals surface area (Å²) in [5.74, 6) is -0.724. The summed E-state index contributed by atoms with van der Waals surface area (Å²) in [5.41, 5.74) is 1.25. The Balaban J connectivity index is 1.43. The molecule has 2 aliphatic carbocycles. The molecule has 1 aliphatic heterocycles. The van der Waals surface area contributed by atoms with Gasteiger partial charge in [0, 0.05) is 30.3 Å². The minimum atomic E-state index is -0.558. The van der Waals surface area contributed by atoms with Gasteiger partial charge >= 0.3 is 0 Å². The van der Waals surface area contributed by atoms with E-state index in [-0.39, 0.29) is 23.8 Å². The van der Waals surface area contributed by atoms with E-state index in [0.29, 0.717) is 49.4 Å². The molecule has 1 heterocycles. The molecule has 3 rings (SSSR count). The van der Waals surface area contributed by atoms with Crippen molar-refractivity contribution in [2.45, 2.75) is 51.0 Å². The molecule has 3 amide bonds. The minimum absolute atomic E-state index is 0.0724. The molecule has 0 radical (unpaired) electrons. The van der Waals surface area contributed by atoms with Gasteiger partial charge in [-0.3, -0.25) is 14.4 Å². The van der Waals surface area contributed by atoms with Crippen molar-refractivity contribution in [3.8, 4) is 6.07 Å². The molecular weight excluding hydrogens is 320 g/mol. The standard InChI is InChI=1S/C18H24N4O3/c19-9-12-2-1-3-14(12)16(23)21-10-11-4-5-13(8-11)22-18(25)15-6-7-20-17(15)24/h11,13,15H,1-8,10H2,(H,20,24)(H,21,23)(H,22,25). The number of carbonyl (C=O) groups excluding carboxylic acids is 3. The first kappa shape index (κ1) is 17.5. The maximum Gasteiger partial charge on any atom is 0.248 e. The van der Waals surface area contributed by atoms with Crippen molar-refractivity contribution in [1.82, 2.24) is 16.0 Å². The lowest BCUT2D eigenvalue weighted by atomic mass is 10.1. The Morgan fingerprint density at radius 3 is 2.80 bits per heavy atom. The van der Waals surface area contributed by atoms with Crippen molar-refractivity contribution in [2.75, 3.05) is 13.1 Å². The van der Waals surface area contributed by atoms with Crippen LogP contribution in [0, 0.1) is 23.2 Å². The van der Waals surface area contributed by atoms with Crippen LogP contribution < -0.4 is 16.0 Å². The summed E-state index contributed by atoms with van der Waals surface area (Å²) < 4.78 is 0. The molecule has 3 N–H and O–H groups in total. The quantitative estimate of drug-likeness (QED) is 0.632. The summed E-state index contributed by atoms with van der Waals surface area (Å²) in [6, 6.07) is 2.19. The van der Waals surface area contributed by atoms with Crippen LogP contribution in [-0.4, -0.2) is 36.9 Å². The zero-order chi connectivity index (χ0) is 17.8. The second-order valence-electron chi connectivity index (χ2n) is 7.15. The maximum atomic E-state index is 12.2. The van der Waals surface area contributed by atoms with Crippen LogP contribution in [0.2, 0.25) is 0 Å². The largest absolute Gasteiger partial charge is 0.355 e. The van der Waals surface area contributed by atoms with E-state index in [1.807, 2.05) is 0 Å². The topological polar surface area (TPSA) is 111 Å². The Morgan fingerprint density at radius 1 is 1.24 bits per heavy atom. The van der Waals surface area contributed by atoms with E-state index in [1.165, 1.54) is 0 Å². The van der Waals surface area contributed by atoms with Gasteiger partial charge in [-0.25, -0.2) is 0 Å². The van der Waals surface area contributed by atoms with Crippen LogP contribution >= 0.6 is 0 Å². The van der Waals surface area contributed by atoms with Crippen LogP contribution in [0.4, 0.5) is 0 Å². The molecule has 134 valence electrons. The Kier molecular flexibility index (Phi) is 5.37. The molecule has 3 aliphatic rings. The molecule has 3 atom stereocenters. The summed E-state index contributed by atoms with van der Waals surface area (Å²) in [4.78, 5) is 35.9. The Labute approximate surface area is 147 Å². The number of nitrogens with zero attached hydrogens (tertiary/aromatic N) is 1. The van der Waals surface area contributed by atoms with Crippen molar-refractivity contribution >= 4 is 17.7 Å². The molecule has 1 saturated heterocycles. The van der Waals surface area contributed by atoms with Gasteiger partial charge in [0.15, 0.2) is 0 Å². The fourth-order valence-corrected chi connectivity index (χ4v) is 4.00. The fraction of sp³-hybridized carbons (Fsp3) is 0.667. The smallest absolute Gasteiger partial charge is 0.248 e. The van der Waals surface area contributed by atoms with Crippen molar-refractivity contribution in [3.63, 3.8) is 0 Å². The number of hydrogen-bond donors (Lipinski definition) is 3. The second-order valence-corrected chi connectivity index (χ2v) is 7.15. The Morgan fingerprint density at radius 2 is 2.08 bits per heavy atom. The molecule has 3 unspecified atom stereocenters. The summed E-state index contributed by atoms with van der Waals surface area (Å²) in [6.45, 7) is 1.13. The number of amides is 3. The third-order valence-corrected chi connectivity index (χ3v) is 5.43. The predicted molar refractivity (Wildman–Crippen MR) is 89.9 cm³/mol. The van der Waals surface area contributed by atoms with Gasteiger partial charge in [0.25, 0.3) is 0 Å². The van der Waals surface area contributed by atoms with E-state index in [0.717, 1.165) is 25.7 Å². The first-order valence-electron chi connectivity index (χ1n) is 9.07. The van der Waals surface area contributed by atoms with Crippen LogP contribution in [0.3, 0.4) is 0 Å². The molecule has 0 aromatic rings. The Hall–Kier alpha value is -2.36. The second kappa shape index (κ2) is 7.68. The lowest BCUT2D eigenvalue weighted by molar-refractivity contribution is -0.133. The summed E-state index contributed by atoms with van der Waals surface area (Å²) in [7, 11) is 0. The number of hydrogen-bond acceptors (Lipinski definition) is 4. The van der Waals surface area contributed by atoms with Gasteiger partial charge in [-0.15, -0.1) is 0 Å². The number of nitrogens with one attached hydrogen (secondary N) is 3. The van der Waals surface area contributed by atoms with E-state index >= 15 is 0 Å². The van der Waals surface area contributed by atoms with Crippen molar-refractivity contribution in [2.24, 2.45) is 11.8 Å². The van der Waals surface area contributed by atoms with Gasteiger partial charge in [0.2, 0.25) is 17.7 Å². The highest BCUT2D eigenvalue weighted by Gasteiger charge is 2.34. The van der Waals surface area contributed by atoms with Gasteiger partial charge in [-0.05, 0) is 50.9 Å².